The van der Waals surface area contributed by atoms with E-state index < -0.39 is 6.10 Å². The zero-order valence-corrected chi connectivity index (χ0v) is 11.7. The molecule has 4 heteroatoms. The third-order valence-electron chi connectivity index (χ3n) is 3.88. The van der Waals surface area contributed by atoms with E-state index in [0.717, 1.165) is 31.0 Å². The lowest BCUT2D eigenvalue weighted by Gasteiger charge is -2.46. The van der Waals surface area contributed by atoms with E-state index in [1.807, 2.05) is 12.1 Å². The van der Waals surface area contributed by atoms with Crippen LogP contribution in [-0.2, 0) is 0 Å². The lowest BCUT2D eigenvalue weighted by molar-refractivity contribution is 0.137. The molecule has 0 bridgehead atoms. The molecule has 1 atom stereocenters. The molecule has 0 radical (unpaired) electrons. The monoisotopic (exact) mass is 249 g/mol. The quantitative estimate of drug-likeness (QED) is 0.865. The molecule has 0 saturated carbocycles. The van der Waals surface area contributed by atoms with Gasteiger partial charge in [-0.3, -0.25) is 4.90 Å². The van der Waals surface area contributed by atoms with Crippen LogP contribution in [0.25, 0.3) is 0 Å². The number of hydrogen-bond acceptors (Lipinski definition) is 4. The molecular weight excluding hydrogens is 226 g/mol. The number of nitrogens with zero attached hydrogens (tertiary/aromatic N) is 3. The highest BCUT2D eigenvalue weighted by atomic mass is 16.3. The van der Waals surface area contributed by atoms with Crippen molar-refractivity contribution in [2.75, 3.05) is 31.6 Å². The molecule has 100 valence electrons. The van der Waals surface area contributed by atoms with Crippen LogP contribution in [0, 0.1) is 0 Å². The molecule has 1 N–H and O–H groups in total. The van der Waals surface area contributed by atoms with E-state index in [0.29, 0.717) is 0 Å². The van der Waals surface area contributed by atoms with E-state index in [-0.39, 0.29) is 5.54 Å². The first kappa shape index (κ1) is 13.3. The Labute approximate surface area is 109 Å². The van der Waals surface area contributed by atoms with E-state index in [9.17, 15) is 5.11 Å². The molecule has 1 unspecified atom stereocenters. The summed E-state index contributed by atoms with van der Waals surface area (Å²) >= 11 is 0. The Bertz CT molecular complexity index is 417. The lowest BCUT2D eigenvalue weighted by Crippen LogP contribution is -2.58. The van der Waals surface area contributed by atoms with Crippen LogP contribution in [-0.4, -0.2) is 47.2 Å². The SMILES string of the molecule is CC(O)c1cccnc1N1CCN(C)C(C)(C)C1. The molecule has 1 fully saturated rings. The summed E-state index contributed by atoms with van der Waals surface area (Å²) in [4.78, 5) is 9.11. The molecule has 1 saturated heterocycles. The summed E-state index contributed by atoms with van der Waals surface area (Å²) < 4.78 is 0. The van der Waals surface area contributed by atoms with E-state index in [2.05, 4.69) is 35.7 Å². The number of likely N-dealkylation sites (N-methyl/N-ethyl adjacent to an activating group) is 1. The maximum Gasteiger partial charge on any atom is 0.134 e. The van der Waals surface area contributed by atoms with Crippen LogP contribution in [0.5, 0.6) is 0 Å². The molecule has 2 rings (SSSR count). The van der Waals surface area contributed by atoms with Gasteiger partial charge in [0, 0.05) is 36.9 Å². The van der Waals surface area contributed by atoms with Crippen molar-refractivity contribution in [2.45, 2.75) is 32.4 Å². The van der Waals surface area contributed by atoms with Crippen molar-refractivity contribution in [2.24, 2.45) is 0 Å². The second-order valence-corrected chi connectivity index (χ2v) is 5.75. The number of piperazine rings is 1. The Morgan fingerprint density at radius 2 is 2.11 bits per heavy atom. The third kappa shape index (κ3) is 2.49. The summed E-state index contributed by atoms with van der Waals surface area (Å²) in [5.74, 6) is 0.925. The van der Waals surface area contributed by atoms with Gasteiger partial charge in [0.05, 0.1) is 6.10 Å². The first-order valence-corrected chi connectivity index (χ1v) is 6.51. The van der Waals surface area contributed by atoms with Crippen LogP contribution in [0.15, 0.2) is 18.3 Å². The molecule has 0 aliphatic carbocycles. The minimum Gasteiger partial charge on any atom is -0.389 e. The molecule has 1 aromatic heterocycles. The Kier molecular flexibility index (Phi) is 3.59. The number of aliphatic hydroxyl groups is 1. The van der Waals surface area contributed by atoms with E-state index in [1.165, 1.54) is 0 Å². The van der Waals surface area contributed by atoms with Crippen molar-refractivity contribution in [3.05, 3.63) is 23.9 Å². The van der Waals surface area contributed by atoms with E-state index >= 15 is 0 Å². The zero-order chi connectivity index (χ0) is 13.3. The topological polar surface area (TPSA) is 39.6 Å². The second kappa shape index (κ2) is 4.86. The predicted octanol–water partition coefficient (Wildman–Crippen LogP) is 1.67. The number of aromatic nitrogens is 1. The number of aliphatic hydroxyl groups excluding tert-OH is 1. The van der Waals surface area contributed by atoms with Gasteiger partial charge in [-0.05, 0) is 33.9 Å². The molecule has 1 aliphatic rings. The molecule has 1 aromatic rings. The van der Waals surface area contributed by atoms with Crippen LogP contribution in [0.2, 0.25) is 0 Å². The van der Waals surface area contributed by atoms with Gasteiger partial charge in [-0.1, -0.05) is 6.07 Å². The fraction of sp³-hybridized carbons (Fsp3) is 0.643. The number of hydrogen-bond donors (Lipinski definition) is 1. The van der Waals surface area contributed by atoms with Crippen molar-refractivity contribution in [1.29, 1.82) is 0 Å². The lowest BCUT2D eigenvalue weighted by atomic mass is 9.99. The molecule has 18 heavy (non-hydrogen) atoms. The Hall–Kier alpha value is -1.13. The van der Waals surface area contributed by atoms with Crippen molar-refractivity contribution in [1.82, 2.24) is 9.88 Å². The average molecular weight is 249 g/mol. The first-order valence-electron chi connectivity index (χ1n) is 6.51. The summed E-state index contributed by atoms with van der Waals surface area (Å²) in [6.07, 6.45) is 1.32. The van der Waals surface area contributed by atoms with Gasteiger partial charge in [-0.2, -0.15) is 0 Å². The van der Waals surface area contributed by atoms with Crippen molar-refractivity contribution in [3.63, 3.8) is 0 Å². The summed E-state index contributed by atoms with van der Waals surface area (Å²) in [6, 6.07) is 3.84. The Morgan fingerprint density at radius 3 is 2.72 bits per heavy atom. The van der Waals surface area contributed by atoms with Gasteiger partial charge in [0.1, 0.15) is 5.82 Å². The van der Waals surface area contributed by atoms with Gasteiger partial charge in [-0.15, -0.1) is 0 Å². The van der Waals surface area contributed by atoms with Crippen LogP contribution in [0.4, 0.5) is 5.82 Å². The summed E-state index contributed by atoms with van der Waals surface area (Å²) in [5.41, 5.74) is 1.05. The molecule has 1 aliphatic heterocycles. The highest BCUT2D eigenvalue weighted by Crippen LogP contribution is 2.28. The van der Waals surface area contributed by atoms with E-state index in [4.69, 9.17) is 0 Å². The molecular formula is C14H23N3O. The Morgan fingerprint density at radius 1 is 1.39 bits per heavy atom. The fourth-order valence-electron chi connectivity index (χ4n) is 2.42. The van der Waals surface area contributed by atoms with Crippen molar-refractivity contribution in [3.8, 4) is 0 Å². The van der Waals surface area contributed by atoms with Gasteiger partial charge in [-0.25, -0.2) is 4.98 Å². The fourth-order valence-corrected chi connectivity index (χ4v) is 2.42. The predicted molar refractivity (Wildman–Crippen MR) is 73.8 cm³/mol. The summed E-state index contributed by atoms with van der Waals surface area (Å²) in [7, 11) is 2.16. The highest BCUT2D eigenvalue weighted by molar-refractivity contribution is 5.48. The van der Waals surface area contributed by atoms with Crippen LogP contribution in [0.1, 0.15) is 32.4 Å². The third-order valence-corrected chi connectivity index (χ3v) is 3.88. The molecule has 0 spiro atoms. The number of rotatable bonds is 2. The maximum absolute atomic E-state index is 9.84. The maximum atomic E-state index is 9.84. The van der Waals surface area contributed by atoms with Gasteiger partial charge >= 0.3 is 0 Å². The van der Waals surface area contributed by atoms with Gasteiger partial charge < -0.3 is 10.0 Å². The highest BCUT2D eigenvalue weighted by Gasteiger charge is 2.32. The number of pyridine rings is 1. The largest absolute Gasteiger partial charge is 0.389 e. The Balaban J connectivity index is 2.27. The summed E-state index contributed by atoms with van der Waals surface area (Å²) in [5, 5.41) is 9.84. The standard InChI is InChI=1S/C14H23N3O/c1-11(18)12-6-5-7-15-13(12)17-9-8-16(4)14(2,3)10-17/h5-7,11,18H,8-10H2,1-4H3. The summed E-state index contributed by atoms with van der Waals surface area (Å²) in [6.45, 7) is 9.18. The molecule has 0 amide bonds. The molecule has 0 aromatic carbocycles. The van der Waals surface area contributed by atoms with Crippen molar-refractivity contribution < 1.29 is 5.11 Å². The first-order chi connectivity index (χ1) is 8.42. The zero-order valence-electron chi connectivity index (χ0n) is 11.7. The normalized spacial score (nSPS) is 21.9. The number of anilines is 1. The van der Waals surface area contributed by atoms with Crippen LogP contribution < -0.4 is 4.90 Å². The average Bonchev–Trinajstić information content (AvgIpc) is 2.32. The minimum absolute atomic E-state index is 0.131. The van der Waals surface area contributed by atoms with Crippen molar-refractivity contribution >= 4 is 5.82 Å². The van der Waals surface area contributed by atoms with Gasteiger partial charge in [0.25, 0.3) is 0 Å². The molecule has 4 nitrogen and oxygen atoms in total. The smallest absolute Gasteiger partial charge is 0.134 e. The van der Waals surface area contributed by atoms with Crippen LogP contribution >= 0.6 is 0 Å². The van der Waals surface area contributed by atoms with Crippen LogP contribution in [0.3, 0.4) is 0 Å². The van der Waals surface area contributed by atoms with E-state index in [1.54, 1.807) is 13.1 Å². The molecule has 2 heterocycles. The minimum atomic E-state index is -0.475. The van der Waals surface area contributed by atoms with Gasteiger partial charge in [0.15, 0.2) is 0 Å². The second-order valence-electron chi connectivity index (χ2n) is 5.75. The van der Waals surface area contributed by atoms with Gasteiger partial charge in [0.2, 0.25) is 0 Å².